The molecule has 238 valence electrons. The molecule has 0 saturated heterocycles. The highest BCUT2D eigenvalue weighted by Crippen LogP contribution is 2.53. The first-order valence-electron chi connectivity index (χ1n) is 17.8. The topological polar surface area (TPSA) is 3.24 Å². The Morgan fingerprint density at radius 2 is 1.00 bits per heavy atom. The molecule has 0 N–H and O–H groups in total. The molecule has 1 nitrogen and oxygen atoms in total. The minimum absolute atomic E-state index is 0.115. The van der Waals surface area contributed by atoms with Crippen molar-refractivity contribution in [3.8, 4) is 22.3 Å². The zero-order chi connectivity index (χ0) is 33.4. The van der Waals surface area contributed by atoms with E-state index in [0.29, 0.717) is 11.8 Å². The third-order valence-electron chi connectivity index (χ3n) is 11.5. The van der Waals surface area contributed by atoms with Gasteiger partial charge in [-0.05, 0) is 115 Å². The number of hydrogen-bond acceptors (Lipinski definition) is 1. The van der Waals surface area contributed by atoms with Gasteiger partial charge >= 0.3 is 0 Å². The molecule has 5 aromatic carbocycles. The van der Waals surface area contributed by atoms with E-state index in [0.717, 1.165) is 17.1 Å². The second kappa shape index (κ2) is 11.1. The molecule has 0 fully saturated rings. The van der Waals surface area contributed by atoms with Crippen LogP contribution in [0.2, 0.25) is 0 Å². The van der Waals surface area contributed by atoms with E-state index in [1.54, 1.807) is 0 Å². The summed E-state index contributed by atoms with van der Waals surface area (Å²) in [5.41, 5.74) is 19.7. The van der Waals surface area contributed by atoms with Crippen molar-refractivity contribution in [2.75, 3.05) is 4.90 Å². The summed E-state index contributed by atoms with van der Waals surface area (Å²) in [6.07, 6.45) is 20.8. The molecule has 0 radical (unpaired) electrons. The van der Waals surface area contributed by atoms with Crippen LogP contribution in [0.25, 0.3) is 27.8 Å². The average molecular weight is 640 g/mol. The van der Waals surface area contributed by atoms with Gasteiger partial charge in [0.2, 0.25) is 0 Å². The smallest absolute Gasteiger partial charge is 0.0462 e. The second-order valence-electron chi connectivity index (χ2n) is 14.5. The average Bonchev–Trinajstić information content (AvgIpc) is 3.40. The van der Waals surface area contributed by atoms with Crippen molar-refractivity contribution in [2.45, 2.75) is 19.3 Å². The zero-order valence-electron chi connectivity index (χ0n) is 28.3. The van der Waals surface area contributed by atoms with Crippen molar-refractivity contribution in [1.82, 2.24) is 0 Å². The highest BCUT2D eigenvalue weighted by atomic mass is 15.1. The molecule has 0 aromatic heterocycles. The van der Waals surface area contributed by atoms with E-state index in [9.17, 15) is 0 Å². The number of nitrogens with zero attached hydrogens (tertiary/aromatic N) is 1. The third-order valence-corrected chi connectivity index (χ3v) is 11.5. The molecule has 0 amide bonds. The molecule has 0 saturated carbocycles. The van der Waals surface area contributed by atoms with Crippen LogP contribution in [-0.2, 0) is 5.41 Å². The van der Waals surface area contributed by atoms with Crippen LogP contribution >= 0.6 is 0 Å². The number of anilines is 3. The van der Waals surface area contributed by atoms with Crippen LogP contribution in [0.4, 0.5) is 17.1 Å². The fourth-order valence-corrected chi connectivity index (χ4v) is 8.95. The van der Waals surface area contributed by atoms with Crippen LogP contribution < -0.4 is 4.90 Å². The minimum atomic E-state index is -0.115. The van der Waals surface area contributed by atoms with Crippen LogP contribution in [0.1, 0.15) is 30.5 Å². The molecule has 50 heavy (non-hydrogen) atoms. The Morgan fingerprint density at radius 1 is 0.460 bits per heavy atom. The first-order valence-corrected chi connectivity index (χ1v) is 17.8. The van der Waals surface area contributed by atoms with Gasteiger partial charge in [0.05, 0.1) is 0 Å². The van der Waals surface area contributed by atoms with Crippen molar-refractivity contribution in [1.29, 1.82) is 0 Å². The minimum Gasteiger partial charge on any atom is -0.311 e. The molecule has 0 heterocycles. The van der Waals surface area contributed by atoms with Gasteiger partial charge in [-0.25, -0.2) is 0 Å². The van der Waals surface area contributed by atoms with E-state index in [1.165, 1.54) is 66.8 Å². The normalized spacial score (nSPS) is 20.0. The van der Waals surface area contributed by atoms with E-state index in [4.69, 9.17) is 0 Å². The lowest BCUT2D eigenvalue weighted by molar-refractivity contribution is 0.566. The Balaban J connectivity index is 0.992. The molecule has 2 atom stereocenters. The molecule has 0 bridgehead atoms. The van der Waals surface area contributed by atoms with Crippen molar-refractivity contribution in [2.24, 2.45) is 11.8 Å². The van der Waals surface area contributed by atoms with E-state index >= 15 is 0 Å². The molecule has 0 spiro atoms. The molecule has 5 aromatic rings. The van der Waals surface area contributed by atoms with Gasteiger partial charge in [0.1, 0.15) is 0 Å². The number of para-hydroxylation sites is 2. The maximum absolute atomic E-state index is 2.48. The molecular formula is C49H37N. The van der Waals surface area contributed by atoms with Gasteiger partial charge in [-0.15, -0.1) is 0 Å². The molecule has 10 rings (SSSR count). The number of fused-ring (bicyclic) bond motifs is 3. The fourth-order valence-electron chi connectivity index (χ4n) is 8.95. The van der Waals surface area contributed by atoms with Gasteiger partial charge in [-0.2, -0.15) is 0 Å². The van der Waals surface area contributed by atoms with E-state index in [-0.39, 0.29) is 5.41 Å². The summed E-state index contributed by atoms with van der Waals surface area (Å²) in [4.78, 5) is 2.31. The molecule has 5 aliphatic carbocycles. The number of allylic oxidation sites excluding steroid dienone is 14. The Bertz CT molecular complexity index is 2380. The maximum atomic E-state index is 2.48. The fraction of sp³-hybridized carbons (Fsp3) is 0.102. The van der Waals surface area contributed by atoms with Gasteiger partial charge in [0, 0.05) is 34.3 Å². The van der Waals surface area contributed by atoms with E-state index in [1.807, 2.05) is 0 Å². The Kier molecular flexibility index (Phi) is 6.42. The summed E-state index contributed by atoms with van der Waals surface area (Å²) < 4.78 is 0. The van der Waals surface area contributed by atoms with E-state index in [2.05, 4.69) is 195 Å². The molecule has 5 aliphatic rings. The first-order chi connectivity index (χ1) is 24.5. The van der Waals surface area contributed by atoms with Crippen LogP contribution in [0, 0.1) is 11.8 Å². The van der Waals surface area contributed by atoms with Gasteiger partial charge in [0.15, 0.2) is 0 Å². The lowest BCUT2D eigenvalue weighted by Gasteiger charge is -2.40. The van der Waals surface area contributed by atoms with Crippen LogP contribution in [0.3, 0.4) is 0 Å². The monoisotopic (exact) mass is 639 g/mol. The summed E-state index contributed by atoms with van der Waals surface area (Å²) in [5, 5.41) is 0. The molecular weight excluding hydrogens is 603 g/mol. The summed E-state index contributed by atoms with van der Waals surface area (Å²) in [6, 6.07) is 44.5. The zero-order valence-corrected chi connectivity index (χ0v) is 28.3. The van der Waals surface area contributed by atoms with E-state index < -0.39 is 0 Å². The van der Waals surface area contributed by atoms with Crippen LogP contribution in [0.15, 0.2) is 198 Å². The summed E-state index contributed by atoms with van der Waals surface area (Å²) in [7, 11) is 0. The maximum Gasteiger partial charge on any atom is 0.0462 e. The Hall–Kier alpha value is -5.92. The molecule has 1 heteroatoms. The van der Waals surface area contributed by atoms with Crippen molar-refractivity contribution in [3.63, 3.8) is 0 Å². The lowest BCUT2D eigenvalue weighted by atomic mass is 9.63. The number of benzene rings is 5. The second-order valence-corrected chi connectivity index (χ2v) is 14.5. The van der Waals surface area contributed by atoms with Gasteiger partial charge in [0.25, 0.3) is 0 Å². The summed E-state index contributed by atoms with van der Waals surface area (Å²) in [6.45, 7) is 4.79. The highest BCUT2D eigenvalue weighted by Gasteiger charge is 2.40. The van der Waals surface area contributed by atoms with Crippen LogP contribution in [-0.4, -0.2) is 0 Å². The standard InChI is InChI=1S/C49H37N/c1-49(2)45-30-36(32-18-24-40(25-19-32)50(38-12-5-3-6-13-38)39-14-7-4-8-15-39)22-27-42(45)43-28-23-37(31-46(43)49)41-26-20-35-17-16-33-10-9-11-34-21-29-44(41)48(35)47(33)34/h3-31,47-48H,1-2H3. The number of hydrogen-bond donors (Lipinski definition) is 0. The summed E-state index contributed by atoms with van der Waals surface area (Å²) >= 11 is 0. The van der Waals surface area contributed by atoms with Crippen LogP contribution in [0.5, 0.6) is 0 Å². The number of rotatable bonds is 5. The van der Waals surface area contributed by atoms with Crippen molar-refractivity contribution >= 4 is 22.6 Å². The van der Waals surface area contributed by atoms with Gasteiger partial charge in [-0.1, -0.05) is 141 Å². The Labute approximate surface area is 294 Å². The third kappa shape index (κ3) is 4.40. The lowest BCUT2D eigenvalue weighted by Crippen LogP contribution is -2.29. The van der Waals surface area contributed by atoms with Crippen molar-refractivity contribution in [3.05, 3.63) is 215 Å². The largest absolute Gasteiger partial charge is 0.311 e. The Morgan fingerprint density at radius 3 is 1.68 bits per heavy atom. The predicted molar refractivity (Wildman–Crippen MR) is 210 cm³/mol. The molecule has 0 aliphatic heterocycles. The van der Waals surface area contributed by atoms with Crippen molar-refractivity contribution < 1.29 is 0 Å². The molecule has 2 unspecified atom stereocenters. The quantitative estimate of drug-likeness (QED) is 0.185. The SMILES string of the molecule is CC1(C)c2cc(C3=C4C=CC5=CC=CC6=CC=C(C=C3)C4C56)ccc2-c2ccc(-c3ccc(N(c4ccccc4)c4ccccc4)cc3)cc21. The van der Waals surface area contributed by atoms with Gasteiger partial charge in [-0.3, -0.25) is 0 Å². The highest BCUT2D eigenvalue weighted by molar-refractivity contribution is 5.89. The predicted octanol–water partition coefficient (Wildman–Crippen LogP) is 12.6. The first kappa shape index (κ1) is 29.0. The van der Waals surface area contributed by atoms with Gasteiger partial charge < -0.3 is 4.90 Å². The summed E-state index contributed by atoms with van der Waals surface area (Å²) in [5.74, 6) is 0.804.